The van der Waals surface area contributed by atoms with Crippen LogP contribution in [0.25, 0.3) is 0 Å². The van der Waals surface area contributed by atoms with Crippen LogP contribution in [-0.2, 0) is 16.0 Å². The molecule has 116 valence electrons. The van der Waals surface area contributed by atoms with E-state index in [-0.39, 0.29) is 23.0 Å². The van der Waals surface area contributed by atoms with Gasteiger partial charge in [0, 0.05) is 12.2 Å². The van der Waals surface area contributed by atoms with E-state index in [1.165, 1.54) is 4.90 Å². The van der Waals surface area contributed by atoms with Crippen molar-refractivity contribution in [3.05, 3.63) is 27.5 Å². The van der Waals surface area contributed by atoms with Crippen LogP contribution >= 0.6 is 11.6 Å². The van der Waals surface area contributed by atoms with Crippen LogP contribution in [0.3, 0.4) is 0 Å². The van der Waals surface area contributed by atoms with E-state index in [4.69, 9.17) is 22.0 Å². The maximum absolute atomic E-state index is 12.4. The Balaban J connectivity index is 2.30. The molecular weight excluding hydrogens is 306 g/mol. The molecule has 2 rings (SSSR count). The number of aryl methyl sites for hydroxylation is 1. The number of hydrogen-bond acceptors (Lipinski definition) is 4. The van der Waals surface area contributed by atoms with Crippen molar-refractivity contribution in [1.82, 2.24) is 9.88 Å². The third-order valence-corrected chi connectivity index (χ3v) is 4.31. The van der Waals surface area contributed by atoms with Crippen LogP contribution in [0.4, 0.5) is 0 Å². The first-order chi connectivity index (χ1) is 10.4. The SMILES string of the molecule is Cc1nc(Cl)c(C#N)c(C)c1CC(=O)N1CCCC1C(=O)O. The zero-order valence-electron chi connectivity index (χ0n) is 12.4. The van der Waals surface area contributed by atoms with Crippen LogP contribution in [-0.4, -0.2) is 39.5 Å². The fraction of sp³-hybridized carbons (Fsp3) is 0.467. The second-order valence-electron chi connectivity index (χ2n) is 5.34. The summed E-state index contributed by atoms with van der Waals surface area (Å²) in [6, 6.07) is 1.23. The van der Waals surface area contributed by atoms with Crippen LogP contribution in [0.2, 0.25) is 5.15 Å². The molecule has 1 amide bonds. The Hall–Kier alpha value is -2.13. The number of nitriles is 1. The van der Waals surface area contributed by atoms with Crippen molar-refractivity contribution in [3.8, 4) is 6.07 Å². The van der Waals surface area contributed by atoms with E-state index < -0.39 is 12.0 Å². The zero-order chi connectivity index (χ0) is 16.4. The van der Waals surface area contributed by atoms with E-state index in [0.29, 0.717) is 36.2 Å². The number of carbonyl (C=O) groups is 2. The molecule has 0 saturated carbocycles. The van der Waals surface area contributed by atoms with Crippen molar-refractivity contribution in [2.45, 2.75) is 39.2 Å². The first kappa shape index (κ1) is 16.2. The molecule has 22 heavy (non-hydrogen) atoms. The molecule has 1 fully saturated rings. The monoisotopic (exact) mass is 321 g/mol. The molecule has 0 aliphatic carbocycles. The Morgan fingerprint density at radius 2 is 2.18 bits per heavy atom. The van der Waals surface area contributed by atoms with Gasteiger partial charge in [0.05, 0.1) is 12.0 Å². The lowest BCUT2D eigenvalue weighted by Gasteiger charge is -2.22. The maximum Gasteiger partial charge on any atom is 0.326 e. The Morgan fingerprint density at radius 1 is 1.50 bits per heavy atom. The molecule has 0 spiro atoms. The second kappa shape index (κ2) is 6.32. The summed E-state index contributed by atoms with van der Waals surface area (Å²) in [5, 5.41) is 18.4. The third kappa shape index (κ3) is 2.90. The van der Waals surface area contributed by atoms with Gasteiger partial charge < -0.3 is 10.0 Å². The number of carboxylic acids is 1. The summed E-state index contributed by atoms with van der Waals surface area (Å²) in [4.78, 5) is 29.1. The lowest BCUT2D eigenvalue weighted by molar-refractivity contribution is -0.148. The number of hydrogen-bond donors (Lipinski definition) is 1. The minimum absolute atomic E-state index is 0.0281. The van der Waals surface area contributed by atoms with Gasteiger partial charge in [-0.3, -0.25) is 4.79 Å². The Bertz CT molecular complexity index is 682. The number of carbonyl (C=O) groups excluding carboxylic acids is 1. The summed E-state index contributed by atoms with van der Waals surface area (Å²) in [5.74, 6) is -1.24. The van der Waals surface area contributed by atoms with Crippen LogP contribution < -0.4 is 0 Å². The number of pyridine rings is 1. The van der Waals surface area contributed by atoms with Gasteiger partial charge in [0.2, 0.25) is 5.91 Å². The van der Waals surface area contributed by atoms with Gasteiger partial charge in [0.15, 0.2) is 0 Å². The molecule has 6 nitrogen and oxygen atoms in total. The van der Waals surface area contributed by atoms with E-state index in [0.717, 1.165) is 0 Å². The molecule has 1 saturated heterocycles. The van der Waals surface area contributed by atoms with Crippen molar-refractivity contribution in [1.29, 1.82) is 5.26 Å². The summed E-state index contributed by atoms with van der Waals surface area (Å²) in [7, 11) is 0. The molecule has 0 radical (unpaired) electrons. The third-order valence-electron chi connectivity index (χ3n) is 4.03. The highest BCUT2D eigenvalue weighted by Crippen LogP contribution is 2.25. The topological polar surface area (TPSA) is 94.3 Å². The quantitative estimate of drug-likeness (QED) is 0.857. The summed E-state index contributed by atoms with van der Waals surface area (Å²) in [6.07, 6.45) is 1.19. The highest BCUT2D eigenvalue weighted by Gasteiger charge is 2.34. The molecule has 1 aliphatic heterocycles. The Morgan fingerprint density at radius 3 is 2.77 bits per heavy atom. The van der Waals surface area contributed by atoms with Gasteiger partial charge in [-0.15, -0.1) is 0 Å². The van der Waals surface area contributed by atoms with Crippen molar-refractivity contribution in [2.75, 3.05) is 6.54 Å². The highest BCUT2D eigenvalue weighted by atomic mass is 35.5. The van der Waals surface area contributed by atoms with Crippen molar-refractivity contribution >= 4 is 23.5 Å². The predicted octanol–water partition coefficient (Wildman–Crippen LogP) is 1.84. The van der Waals surface area contributed by atoms with Gasteiger partial charge in [-0.25, -0.2) is 9.78 Å². The number of nitrogens with zero attached hydrogens (tertiary/aromatic N) is 3. The molecule has 1 N–H and O–H groups in total. The molecule has 1 atom stereocenters. The molecule has 0 aromatic carbocycles. The average Bonchev–Trinajstić information content (AvgIpc) is 2.93. The average molecular weight is 322 g/mol. The first-order valence-electron chi connectivity index (χ1n) is 6.94. The van der Waals surface area contributed by atoms with Gasteiger partial charge in [-0.05, 0) is 37.8 Å². The van der Waals surface area contributed by atoms with Crippen molar-refractivity contribution in [2.24, 2.45) is 0 Å². The van der Waals surface area contributed by atoms with Crippen LogP contribution in [0, 0.1) is 25.2 Å². The smallest absolute Gasteiger partial charge is 0.326 e. The lowest BCUT2D eigenvalue weighted by atomic mass is 10.00. The Labute approximate surface area is 133 Å². The molecule has 1 unspecified atom stereocenters. The van der Waals surface area contributed by atoms with E-state index in [9.17, 15) is 9.59 Å². The van der Waals surface area contributed by atoms with Crippen LogP contribution in [0.1, 0.15) is 35.2 Å². The minimum Gasteiger partial charge on any atom is -0.480 e. The highest BCUT2D eigenvalue weighted by molar-refractivity contribution is 6.30. The standard InChI is InChI=1S/C15H16ClN3O3/c1-8-10(9(2)18-14(16)11(8)7-17)6-13(20)19-5-3-4-12(19)15(21)22/h12H,3-6H2,1-2H3,(H,21,22). The molecule has 1 aliphatic rings. The van der Waals surface area contributed by atoms with E-state index in [2.05, 4.69) is 4.98 Å². The van der Waals surface area contributed by atoms with Gasteiger partial charge in [-0.2, -0.15) is 5.26 Å². The molecule has 0 bridgehead atoms. The number of halogens is 1. The fourth-order valence-corrected chi connectivity index (χ4v) is 3.12. The van der Waals surface area contributed by atoms with E-state index in [1.807, 2.05) is 6.07 Å². The first-order valence-corrected chi connectivity index (χ1v) is 7.32. The van der Waals surface area contributed by atoms with Gasteiger partial charge in [0.25, 0.3) is 0 Å². The van der Waals surface area contributed by atoms with Crippen LogP contribution in [0.5, 0.6) is 0 Å². The summed E-state index contributed by atoms with van der Waals surface area (Å²) >= 11 is 5.93. The maximum atomic E-state index is 12.4. The minimum atomic E-state index is -0.980. The second-order valence-corrected chi connectivity index (χ2v) is 5.70. The number of carboxylic acid groups (broad SMARTS) is 1. The van der Waals surface area contributed by atoms with Gasteiger partial charge in [-0.1, -0.05) is 11.6 Å². The lowest BCUT2D eigenvalue weighted by Crippen LogP contribution is -2.41. The summed E-state index contributed by atoms with van der Waals surface area (Å²) in [6.45, 7) is 3.89. The van der Waals surface area contributed by atoms with Crippen molar-refractivity contribution < 1.29 is 14.7 Å². The number of amides is 1. The molecule has 1 aromatic heterocycles. The fourth-order valence-electron chi connectivity index (χ4n) is 2.81. The largest absolute Gasteiger partial charge is 0.480 e. The van der Waals surface area contributed by atoms with Crippen molar-refractivity contribution in [3.63, 3.8) is 0 Å². The van der Waals surface area contributed by atoms with E-state index >= 15 is 0 Å². The summed E-state index contributed by atoms with van der Waals surface area (Å²) in [5.41, 5.74) is 2.11. The number of rotatable bonds is 3. The normalized spacial score (nSPS) is 17.4. The Kier molecular flexibility index (Phi) is 4.67. The number of likely N-dealkylation sites (tertiary alicyclic amines) is 1. The molecule has 7 heteroatoms. The predicted molar refractivity (Wildman–Crippen MR) is 79.5 cm³/mol. The number of aliphatic carboxylic acids is 1. The van der Waals surface area contributed by atoms with Gasteiger partial charge >= 0.3 is 5.97 Å². The zero-order valence-corrected chi connectivity index (χ0v) is 13.1. The molecule has 2 heterocycles. The summed E-state index contributed by atoms with van der Waals surface area (Å²) < 4.78 is 0. The number of aromatic nitrogens is 1. The van der Waals surface area contributed by atoms with Crippen LogP contribution in [0.15, 0.2) is 0 Å². The molecular formula is C15H16ClN3O3. The van der Waals surface area contributed by atoms with Gasteiger partial charge in [0.1, 0.15) is 17.3 Å². The van der Waals surface area contributed by atoms with E-state index in [1.54, 1.807) is 13.8 Å². The molecule has 1 aromatic rings.